The minimum Gasteiger partial charge on any atom is -0.481 e. The summed E-state index contributed by atoms with van der Waals surface area (Å²) in [6.07, 6.45) is 3.28. The van der Waals surface area contributed by atoms with Crippen molar-refractivity contribution in [3.63, 3.8) is 0 Å². The first-order chi connectivity index (χ1) is 9.27. The van der Waals surface area contributed by atoms with Gasteiger partial charge in [0, 0.05) is 6.42 Å². The number of hydrogen-bond acceptors (Lipinski definition) is 4. The Bertz CT molecular complexity index is 478. The van der Waals surface area contributed by atoms with Gasteiger partial charge in [-0.1, -0.05) is 20.8 Å². The molecule has 1 aromatic rings. The van der Waals surface area contributed by atoms with Gasteiger partial charge < -0.3 is 5.11 Å². The van der Waals surface area contributed by atoms with Crippen LogP contribution in [0.25, 0.3) is 0 Å². The van der Waals surface area contributed by atoms with E-state index in [1.54, 1.807) is 7.05 Å². The molecule has 1 saturated carbocycles. The largest absolute Gasteiger partial charge is 0.481 e. The number of carbonyl (C=O) groups is 1. The second-order valence-corrected chi connectivity index (χ2v) is 6.98. The van der Waals surface area contributed by atoms with Crippen molar-refractivity contribution in [2.24, 2.45) is 30.2 Å². The Labute approximate surface area is 119 Å². The van der Waals surface area contributed by atoms with Crippen molar-refractivity contribution in [3.05, 3.63) is 5.82 Å². The summed E-state index contributed by atoms with van der Waals surface area (Å²) in [5.74, 6) is 0.344. The minimum atomic E-state index is -0.689. The molecule has 2 rings (SSSR count). The van der Waals surface area contributed by atoms with Gasteiger partial charge >= 0.3 is 5.97 Å². The van der Waals surface area contributed by atoms with E-state index in [-0.39, 0.29) is 17.3 Å². The molecule has 1 aromatic heterocycles. The summed E-state index contributed by atoms with van der Waals surface area (Å²) in [5.41, 5.74) is 0.220. The molecule has 0 bridgehead atoms. The molecule has 112 valence electrons. The van der Waals surface area contributed by atoms with E-state index < -0.39 is 5.97 Å². The highest BCUT2D eigenvalue weighted by molar-refractivity contribution is 5.70. The molecule has 1 aliphatic carbocycles. The number of aliphatic carboxylic acids is 1. The molecule has 0 spiro atoms. The maximum Gasteiger partial charge on any atom is 0.306 e. The SMILES string of the molecule is Cn1nnc(CC2CC(C(C)(C)C)CCC2C(=O)O)n1. The lowest BCUT2D eigenvalue weighted by Crippen LogP contribution is -2.36. The van der Waals surface area contributed by atoms with Crippen LogP contribution in [0.5, 0.6) is 0 Å². The number of rotatable bonds is 3. The van der Waals surface area contributed by atoms with Crippen molar-refractivity contribution in [1.82, 2.24) is 20.2 Å². The van der Waals surface area contributed by atoms with E-state index in [4.69, 9.17) is 0 Å². The number of nitrogens with zero attached hydrogens (tertiary/aromatic N) is 4. The van der Waals surface area contributed by atoms with Gasteiger partial charge in [-0.3, -0.25) is 4.79 Å². The molecular weight excluding hydrogens is 256 g/mol. The lowest BCUT2D eigenvalue weighted by Gasteiger charge is -2.40. The van der Waals surface area contributed by atoms with Gasteiger partial charge in [0.15, 0.2) is 5.82 Å². The topological polar surface area (TPSA) is 80.9 Å². The first-order valence-electron chi connectivity index (χ1n) is 7.23. The molecule has 0 aliphatic heterocycles. The monoisotopic (exact) mass is 280 g/mol. The fourth-order valence-electron chi connectivity index (χ4n) is 3.24. The first-order valence-corrected chi connectivity index (χ1v) is 7.23. The van der Waals surface area contributed by atoms with Crippen molar-refractivity contribution >= 4 is 5.97 Å². The first kappa shape index (κ1) is 14.9. The Kier molecular flexibility index (Phi) is 4.11. The van der Waals surface area contributed by atoms with E-state index >= 15 is 0 Å². The van der Waals surface area contributed by atoms with E-state index in [1.807, 2.05) is 0 Å². The van der Waals surface area contributed by atoms with Crippen LogP contribution >= 0.6 is 0 Å². The smallest absolute Gasteiger partial charge is 0.306 e. The molecule has 0 radical (unpaired) electrons. The van der Waals surface area contributed by atoms with Crippen LogP contribution in [0.15, 0.2) is 0 Å². The van der Waals surface area contributed by atoms with Crippen molar-refractivity contribution in [3.8, 4) is 0 Å². The third kappa shape index (κ3) is 3.35. The molecule has 6 heteroatoms. The second kappa shape index (κ2) is 5.50. The van der Waals surface area contributed by atoms with Crippen molar-refractivity contribution < 1.29 is 9.90 Å². The summed E-state index contributed by atoms with van der Waals surface area (Å²) in [4.78, 5) is 12.9. The minimum absolute atomic E-state index is 0.106. The van der Waals surface area contributed by atoms with Gasteiger partial charge in [-0.2, -0.15) is 4.80 Å². The van der Waals surface area contributed by atoms with E-state index in [1.165, 1.54) is 4.80 Å². The van der Waals surface area contributed by atoms with Gasteiger partial charge in [-0.15, -0.1) is 10.2 Å². The van der Waals surface area contributed by atoms with E-state index in [0.717, 1.165) is 19.3 Å². The van der Waals surface area contributed by atoms with Crippen LogP contribution in [-0.4, -0.2) is 31.3 Å². The van der Waals surface area contributed by atoms with Crippen LogP contribution in [0, 0.1) is 23.2 Å². The maximum atomic E-state index is 11.5. The predicted octanol–water partition coefficient (Wildman–Crippen LogP) is 1.92. The second-order valence-electron chi connectivity index (χ2n) is 6.98. The van der Waals surface area contributed by atoms with E-state index in [0.29, 0.717) is 18.2 Å². The lowest BCUT2D eigenvalue weighted by atomic mass is 9.65. The Hall–Kier alpha value is -1.46. The van der Waals surface area contributed by atoms with Gasteiger partial charge in [0.25, 0.3) is 0 Å². The number of carboxylic acid groups (broad SMARTS) is 1. The molecule has 1 fully saturated rings. The van der Waals surface area contributed by atoms with Crippen molar-refractivity contribution in [2.75, 3.05) is 0 Å². The molecule has 0 saturated heterocycles. The number of tetrazole rings is 1. The van der Waals surface area contributed by atoms with E-state index in [2.05, 4.69) is 36.2 Å². The number of carboxylic acids is 1. The molecule has 3 atom stereocenters. The summed E-state index contributed by atoms with van der Waals surface area (Å²) in [6, 6.07) is 0. The average Bonchev–Trinajstić information content (AvgIpc) is 2.73. The van der Waals surface area contributed by atoms with Crippen LogP contribution in [-0.2, 0) is 18.3 Å². The fourth-order valence-corrected chi connectivity index (χ4v) is 3.24. The van der Waals surface area contributed by atoms with Crippen LogP contribution in [0.2, 0.25) is 0 Å². The zero-order valence-corrected chi connectivity index (χ0v) is 12.7. The number of aromatic nitrogens is 4. The fraction of sp³-hybridized carbons (Fsp3) is 0.857. The molecule has 20 heavy (non-hydrogen) atoms. The molecule has 1 aliphatic rings. The lowest BCUT2D eigenvalue weighted by molar-refractivity contribution is -0.146. The molecule has 0 aromatic carbocycles. The van der Waals surface area contributed by atoms with Crippen molar-refractivity contribution in [2.45, 2.75) is 46.5 Å². The van der Waals surface area contributed by atoms with Gasteiger partial charge in [0.05, 0.1) is 13.0 Å². The molecule has 1 heterocycles. The Morgan fingerprint density at radius 2 is 2.10 bits per heavy atom. The Morgan fingerprint density at radius 1 is 1.40 bits per heavy atom. The molecule has 3 unspecified atom stereocenters. The highest BCUT2D eigenvalue weighted by Crippen LogP contribution is 2.43. The number of hydrogen-bond donors (Lipinski definition) is 1. The molecular formula is C14H24N4O2. The molecule has 6 nitrogen and oxygen atoms in total. The summed E-state index contributed by atoms with van der Waals surface area (Å²) in [5, 5.41) is 21.4. The molecule has 0 amide bonds. The highest BCUT2D eigenvalue weighted by Gasteiger charge is 2.39. The summed E-state index contributed by atoms with van der Waals surface area (Å²) < 4.78 is 0. The Morgan fingerprint density at radius 3 is 2.60 bits per heavy atom. The van der Waals surface area contributed by atoms with Crippen LogP contribution in [0.3, 0.4) is 0 Å². The van der Waals surface area contributed by atoms with Gasteiger partial charge in [-0.05, 0) is 41.7 Å². The van der Waals surface area contributed by atoms with E-state index in [9.17, 15) is 9.90 Å². The summed E-state index contributed by atoms with van der Waals surface area (Å²) in [6.45, 7) is 6.70. The highest BCUT2D eigenvalue weighted by atomic mass is 16.4. The summed E-state index contributed by atoms with van der Waals surface area (Å²) in [7, 11) is 1.73. The maximum absolute atomic E-state index is 11.5. The zero-order valence-electron chi connectivity index (χ0n) is 12.7. The van der Waals surface area contributed by atoms with Crippen LogP contribution in [0.1, 0.15) is 45.9 Å². The Balaban J connectivity index is 2.12. The number of aryl methyl sites for hydroxylation is 1. The van der Waals surface area contributed by atoms with Crippen LogP contribution < -0.4 is 0 Å². The molecule has 1 N–H and O–H groups in total. The van der Waals surface area contributed by atoms with Gasteiger partial charge in [-0.25, -0.2) is 0 Å². The third-order valence-electron chi connectivity index (χ3n) is 4.52. The standard InChI is InChI=1S/C14H24N4O2/c1-14(2,3)10-5-6-11(13(19)20)9(7-10)8-12-15-17-18(4)16-12/h9-11H,5-8H2,1-4H3,(H,19,20). The normalized spacial score (nSPS) is 27.5. The average molecular weight is 280 g/mol. The van der Waals surface area contributed by atoms with Crippen molar-refractivity contribution in [1.29, 1.82) is 0 Å². The zero-order chi connectivity index (χ0) is 14.9. The predicted molar refractivity (Wildman–Crippen MR) is 73.9 cm³/mol. The van der Waals surface area contributed by atoms with Crippen LogP contribution in [0.4, 0.5) is 0 Å². The third-order valence-corrected chi connectivity index (χ3v) is 4.52. The quantitative estimate of drug-likeness (QED) is 0.914. The summed E-state index contributed by atoms with van der Waals surface area (Å²) >= 11 is 0. The van der Waals surface area contributed by atoms with Gasteiger partial charge in [0.2, 0.25) is 0 Å². The van der Waals surface area contributed by atoms with Gasteiger partial charge in [0.1, 0.15) is 0 Å².